The van der Waals surface area contributed by atoms with Crippen LogP contribution in [0.15, 0.2) is 0 Å². The molecule has 5 heteroatoms. The van der Waals surface area contributed by atoms with Crippen molar-refractivity contribution >= 4 is 5.78 Å². The predicted octanol–water partition coefficient (Wildman–Crippen LogP) is 5.75. The Hall–Kier alpha value is -0.490. The summed E-state index contributed by atoms with van der Waals surface area (Å²) in [5.41, 5.74) is -0.492. The number of ketones is 1. The highest BCUT2D eigenvalue weighted by atomic mass is 16.7. The van der Waals surface area contributed by atoms with Gasteiger partial charge >= 0.3 is 0 Å². The van der Waals surface area contributed by atoms with Crippen LogP contribution < -0.4 is 0 Å². The molecule has 1 aliphatic rings. The Morgan fingerprint density at radius 1 is 0.867 bits per heavy atom. The lowest BCUT2D eigenvalue weighted by Crippen LogP contribution is -2.50. The van der Waals surface area contributed by atoms with Crippen molar-refractivity contribution in [3.8, 4) is 0 Å². The number of hydrogen-bond donors (Lipinski definition) is 0. The fourth-order valence-electron chi connectivity index (χ4n) is 3.99. The summed E-state index contributed by atoms with van der Waals surface area (Å²) < 4.78 is 17.6. The average molecular weight is 428 g/mol. The van der Waals surface area contributed by atoms with E-state index in [-0.39, 0.29) is 19.0 Å². The van der Waals surface area contributed by atoms with Crippen LogP contribution in [0.25, 0.3) is 0 Å². The number of rotatable bonds is 19. The SMILES string of the molecule is CCCCCCCCCCCCCCCC(C)(OCCN(C)C)C1OCC(=O)CO1. The van der Waals surface area contributed by atoms with Gasteiger partial charge in [0.2, 0.25) is 0 Å². The van der Waals surface area contributed by atoms with Crippen LogP contribution in [0.5, 0.6) is 0 Å². The van der Waals surface area contributed by atoms with Crippen molar-refractivity contribution in [1.82, 2.24) is 4.90 Å². The maximum absolute atomic E-state index is 11.4. The molecule has 0 aromatic heterocycles. The van der Waals surface area contributed by atoms with Crippen LogP contribution >= 0.6 is 0 Å². The number of likely N-dealkylation sites (N-methyl/N-ethyl adjacent to an activating group) is 1. The number of carbonyl (C=O) groups is 1. The van der Waals surface area contributed by atoms with Gasteiger partial charge in [-0.3, -0.25) is 4.79 Å². The molecule has 0 bridgehead atoms. The number of nitrogens with zero attached hydrogens (tertiary/aromatic N) is 1. The molecule has 1 unspecified atom stereocenters. The number of carbonyl (C=O) groups excluding carboxylic acids is 1. The van der Waals surface area contributed by atoms with Crippen molar-refractivity contribution in [2.45, 2.75) is 116 Å². The molecule has 30 heavy (non-hydrogen) atoms. The van der Waals surface area contributed by atoms with Gasteiger partial charge < -0.3 is 19.1 Å². The van der Waals surface area contributed by atoms with Gasteiger partial charge in [-0.15, -0.1) is 0 Å². The van der Waals surface area contributed by atoms with Crippen molar-refractivity contribution in [2.75, 3.05) is 40.5 Å². The van der Waals surface area contributed by atoms with Crippen LogP contribution in [-0.2, 0) is 19.0 Å². The Kier molecular flexibility index (Phi) is 15.7. The van der Waals surface area contributed by atoms with E-state index in [1.807, 2.05) is 14.1 Å². The van der Waals surface area contributed by atoms with Crippen LogP contribution in [0.2, 0.25) is 0 Å². The molecule has 0 aromatic carbocycles. The second-order valence-electron chi connectivity index (χ2n) is 9.45. The Morgan fingerprint density at radius 2 is 1.33 bits per heavy atom. The van der Waals surface area contributed by atoms with Crippen molar-refractivity contribution < 1.29 is 19.0 Å². The van der Waals surface area contributed by atoms with Crippen molar-refractivity contribution in [3.63, 3.8) is 0 Å². The lowest BCUT2D eigenvalue weighted by atomic mass is 9.95. The van der Waals surface area contributed by atoms with E-state index >= 15 is 0 Å². The van der Waals surface area contributed by atoms with Gasteiger partial charge in [0.1, 0.15) is 18.8 Å². The molecule has 0 N–H and O–H groups in total. The standard InChI is InChI=1S/C25H49NO4/c1-5-6-7-8-9-10-11-12-13-14-15-16-17-18-25(2,30-20-19-26(3)4)24-28-21-23(27)22-29-24/h24H,5-22H2,1-4H3. The van der Waals surface area contributed by atoms with Crippen LogP contribution in [0.1, 0.15) is 104 Å². The molecule has 1 fully saturated rings. The topological polar surface area (TPSA) is 48.0 Å². The molecule has 0 spiro atoms. The van der Waals surface area contributed by atoms with Gasteiger partial charge in [-0.1, -0.05) is 90.4 Å². The highest BCUT2D eigenvalue weighted by Crippen LogP contribution is 2.28. The second kappa shape index (κ2) is 17.1. The third-order valence-corrected chi connectivity index (χ3v) is 6.04. The van der Waals surface area contributed by atoms with E-state index in [4.69, 9.17) is 14.2 Å². The van der Waals surface area contributed by atoms with E-state index < -0.39 is 11.9 Å². The minimum atomic E-state index is -0.492. The third kappa shape index (κ3) is 13.0. The highest BCUT2D eigenvalue weighted by molar-refractivity contribution is 5.81. The maximum atomic E-state index is 11.4. The first-order chi connectivity index (χ1) is 14.5. The molecule has 0 amide bonds. The molecule has 1 heterocycles. The summed E-state index contributed by atoms with van der Waals surface area (Å²) in [5.74, 6) is 0.00264. The van der Waals surface area contributed by atoms with Crippen molar-refractivity contribution in [1.29, 1.82) is 0 Å². The summed E-state index contributed by atoms with van der Waals surface area (Å²) in [5, 5.41) is 0. The minimum absolute atomic E-state index is 0.00264. The summed E-state index contributed by atoms with van der Waals surface area (Å²) in [7, 11) is 4.08. The van der Waals surface area contributed by atoms with Crippen LogP contribution in [-0.4, -0.2) is 63.0 Å². The summed E-state index contributed by atoms with van der Waals surface area (Å²) in [6.45, 7) is 6.12. The largest absolute Gasteiger partial charge is 0.369 e. The number of ether oxygens (including phenoxy) is 3. The Balaban J connectivity index is 2.15. The van der Waals surface area contributed by atoms with Gasteiger partial charge in [-0.25, -0.2) is 0 Å². The van der Waals surface area contributed by atoms with Crippen LogP contribution in [0, 0.1) is 0 Å². The fourth-order valence-corrected chi connectivity index (χ4v) is 3.99. The molecule has 178 valence electrons. The first-order valence-electron chi connectivity index (χ1n) is 12.5. The Bertz CT molecular complexity index is 419. The first-order valence-corrected chi connectivity index (χ1v) is 12.5. The molecule has 0 aliphatic carbocycles. The summed E-state index contributed by atoms with van der Waals surface area (Å²) in [6.07, 6.45) is 18.0. The Labute approximate surface area is 186 Å². The fraction of sp³-hybridized carbons (Fsp3) is 0.960. The zero-order valence-corrected chi connectivity index (χ0v) is 20.4. The molecule has 0 radical (unpaired) electrons. The van der Waals surface area contributed by atoms with Crippen molar-refractivity contribution in [2.24, 2.45) is 0 Å². The molecular weight excluding hydrogens is 378 g/mol. The van der Waals surface area contributed by atoms with Gasteiger partial charge in [0.15, 0.2) is 12.1 Å². The lowest BCUT2D eigenvalue weighted by molar-refractivity contribution is -0.263. The van der Waals surface area contributed by atoms with Gasteiger partial charge in [0.25, 0.3) is 0 Å². The summed E-state index contributed by atoms with van der Waals surface area (Å²) >= 11 is 0. The van der Waals surface area contributed by atoms with E-state index in [1.54, 1.807) is 0 Å². The molecule has 0 saturated carbocycles. The third-order valence-electron chi connectivity index (χ3n) is 6.04. The minimum Gasteiger partial charge on any atom is -0.369 e. The molecule has 5 nitrogen and oxygen atoms in total. The number of hydrogen-bond acceptors (Lipinski definition) is 5. The molecule has 1 aliphatic heterocycles. The first kappa shape index (κ1) is 27.5. The quantitative estimate of drug-likeness (QED) is 0.246. The second-order valence-corrected chi connectivity index (χ2v) is 9.45. The van der Waals surface area contributed by atoms with E-state index in [0.29, 0.717) is 6.61 Å². The van der Waals surface area contributed by atoms with Crippen LogP contribution in [0.4, 0.5) is 0 Å². The van der Waals surface area contributed by atoms with E-state index in [9.17, 15) is 4.79 Å². The maximum Gasteiger partial charge on any atom is 0.187 e. The molecule has 0 aromatic rings. The lowest BCUT2D eigenvalue weighted by Gasteiger charge is -2.39. The normalized spacial score (nSPS) is 17.6. The molecule has 1 rings (SSSR count). The van der Waals surface area contributed by atoms with Crippen molar-refractivity contribution in [3.05, 3.63) is 0 Å². The average Bonchev–Trinajstić information content (AvgIpc) is 2.71. The highest BCUT2D eigenvalue weighted by Gasteiger charge is 2.39. The van der Waals surface area contributed by atoms with Gasteiger partial charge in [-0.2, -0.15) is 0 Å². The number of Topliss-reactive ketones (excluding diaryl/α,β-unsaturated/α-hetero) is 1. The Morgan fingerprint density at radius 3 is 1.80 bits per heavy atom. The summed E-state index contributed by atoms with van der Waals surface area (Å²) in [4.78, 5) is 13.5. The molecular formula is C25H49NO4. The zero-order chi connectivity index (χ0) is 22.1. The van der Waals surface area contributed by atoms with Crippen LogP contribution in [0.3, 0.4) is 0 Å². The zero-order valence-electron chi connectivity index (χ0n) is 20.4. The molecule has 1 saturated heterocycles. The predicted molar refractivity (Wildman–Crippen MR) is 124 cm³/mol. The van der Waals surface area contributed by atoms with Gasteiger partial charge in [0, 0.05) is 6.54 Å². The monoisotopic (exact) mass is 427 g/mol. The van der Waals surface area contributed by atoms with Gasteiger partial charge in [-0.05, 0) is 27.4 Å². The number of unbranched alkanes of at least 4 members (excludes halogenated alkanes) is 12. The van der Waals surface area contributed by atoms with E-state index in [2.05, 4.69) is 18.7 Å². The summed E-state index contributed by atoms with van der Waals surface area (Å²) in [6, 6.07) is 0. The van der Waals surface area contributed by atoms with E-state index in [1.165, 1.54) is 77.0 Å². The van der Waals surface area contributed by atoms with Gasteiger partial charge in [0.05, 0.1) is 6.61 Å². The van der Waals surface area contributed by atoms with E-state index in [0.717, 1.165) is 19.4 Å². The molecule has 1 atom stereocenters. The smallest absolute Gasteiger partial charge is 0.187 e.